The number of anilines is 1. The molecule has 192 valence electrons. The first-order valence-corrected chi connectivity index (χ1v) is 12.5. The molecule has 0 spiro atoms. The third-order valence-corrected chi connectivity index (χ3v) is 7.17. The van der Waals surface area contributed by atoms with E-state index in [-0.39, 0.29) is 30.1 Å². The maximum absolute atomic E-state index is 14.9. The summed E-state index contributed by atoms with van der Waals surface area (Å²) in [5.41, 5.74) is 1.96. The lowest BCUT2D eigenvalue weighted by Gasteiger charge is -2.29. The van der Waals surface area contributed by atoms with Crippen molar-refractivity contribution < 1.29 is 23.5 Å². The summed E-state index contributed by atoms with van der Waals surface area (Å²) in [5.74, 6) is 0.617. The Balaban J connectivity index is 1.19. The first kappa shape index (κ1) is 23.5. The van der Waals surface area contributed by atoms with Gasteiger partial charge in [0.25, 0.3) is 5.91 Å². The molecular weight excluding hydrogens is 479 g/mol. The molecule has 1 fully saturated rings. The summed E-state index contributed by atoms with van der Waals surface area (Å²) in [6.45, 7) is 3.76. The quantitative estimate of drug-likeness (QED) is 0.576. The van der Waals surface area contributed by atoms with Gasteiger partial charge in [0.15, 0.2) is 5.82 Å². The first-order valence-electron chi connectivity index (χ1n) is 12.5. The molecule has 0 aliphatic carbocycles. The normalized spacial score (nSPS) is 20.4. The number of carbonyl (C=O) groups excluding carboxylic acids is 2. The minimum Gasteiger partial charge on any atom is -0.444 e. The molecule has 37 heavy (non-hydrogen) atoms. The van der Waals surface area contributed by atoms with Crippen LogP contribution in [-0.4, -0.2) is 62.5 Å². The molecule has 1 saturated heterocycles. The van der Waals surface area contributed by atoms with Crippen molar-refractivity contribution >= 4 is 17.8 Å². The first-order chi connectivity index (χ1) is 18.0. The molecule has 6 rings (SSSR count). The van der Waals surface area contributed by atoms with E-state index in [1.54, 1.807) is 17.0 Å². The molecule has 10 nitrogen and oxygen atoms in total. The number of halogens is 1. The number of nitrogens with one attached hydrogen (secondary N) is 1. The minimum atomic E-state index is -0.618. The second kappa shape index (κ2) is 9.55. The molecule has 2 aromatic heterocycles. The van der Waals surface area contributed by atoms with Crippen LogP contribution in [-0.2, 0) is 28.9 Å². The van der Waals surface area contributed by atoms with Crippen LogP contribution in [0.1, 0.15) is 53.1 Å². The fraction of sp³-hybridized carbons (Fsp3) is 0.423. The monoisotopic (exact) mass is 506 g/mol. The number of fused-ring (bicyclic) bond motifs is 2. The van der Waals surface area contributed by atoms with Crippen molar-refractivity contribution in [3.05, 3.63) is 58.7 Å². The fourth-order valence-corrected chi connectivity index (χ4v) is 5.14. The molecule has 3 aliphatic heterocycles. The molecule has 0 bridgehead atoms. The average molecular weight is 507 g/mol. The zero-order chi connectivity index (χ0) is 25.5. The Hall–Kier alpha value is -3.86. The zero-order valence-electron chi connectivity index (χ0n) is 20.4. The number of benzene rings is 1. The van der Waals surface area contributed by atoms with Gasteiger partial charge in [0.1, 0.15) is 29.3 Å². The second-order valence-corrected chi connectivity index (χ2v) is 9.70. The predicted octanol–water partition coefficient (Wildman–Crippen LogP) is 3.52. The lowest BCUT2D eigenvalue weighted by atomic mass is 9.96. The summed E-state index contributed by atoms with van der Waals surface area (Å²) in [6.07, 6.45) is 2.36. The minimum absolute atomic E-state index is 0.109. The topological polar surface area (TPSA) is 111 Å². The highest BCUT2D eigenvalue weighted by Gasteiger charge is 2.28. The predicted molar refractivity (Wildman–Crippen MR) is 130 cm³/mol. The summed E-state index contributed by atoms with van der Waals surface area (Å²) in [7, 11) is 0. The van der Waals surface area contributed by atoms with E-state index < -0.39 is 17.8 Å². The Bertz CT molecular complexity index is 1370. The summed E-state index contributed by atoms with van der Waals surface area (Å²) >= 11 is 0. The number of rotatable bonds is 4. The Morgan fingerprint density at radius 2 is 2.05 bits per heavy atom. The van der Waals surface area contributed by atoms with Crippen molar-refractivity contribution in [2.75, 3.05) is 25.1 Å². The van der Waals surface area contributed by atoms with Crippen molar-refractivity contribution in [3.63, 3.8) is 0 Å². The molecule has 1 unspecified atom stereocenters. The number of aryl methyl sites for hydroxylation is 1. The molecule has 2 amide bonds. The van der Waals surface area contributed by atoms with Crippen molar-refractivity contribution in [1.82, 2.24) is 24.6 Å². The summed E-state index contributed by atoms with van der Waals surface area (Å²) < 4.78 is 27.8. The lowest BCUT2D eigenvalue weighted by Crippen LogP contribution is -2.38. The number of aromatic nitrogens is 4. The van der Waals surface area contributed by atoms with Gasteiger partial charge in [-0.3, -0.25) is 4.79 Å². The molecule has 1 N–H and O–H groups in total. The molecule has 1 aromatic carbocycles. The van der Waals surface area contributed by atoms with Crippen LogP contribution < -0.4 is 5.32 Å². The summed E-state index contributed by atoms with van der Waals surface area (Å²) in [4.78, 5) is 31.8. The Labute approximate surface area is 212 Å². The lowest BCUT2D eigenvalue weighted by molar-refractivity contribution is 0.0516. The van der Waals surface area contributed by atoms with Gasteiger partial charge >= 0.3 is 6.09 Å². The molecule has 0 radical (unpaired) electrons. The second-order valence-electron chi connectivity index (χ2n) is 9.70. The van der Waals surface area contributed by atoms with E-state index >= 15 is 0 Å². The van der Waals surface area contributed by atoms with Gasteiger partial charge in [-0.25, -0.2) is 14.2 Å². The Kier molecular flexibility index (Phi) is 6.07. The third kappa shape index (κ3) is 4.55. The molecule has 3 aliphatic rings. The van der Waals surface area contributed by atoms with E-state index in [4.69, 9.17) is 9.47 Å². The van der Waals surface area contributed by atoms with Crippen LogP contribution in [0, 0.1) is 5.82 Å². The molecule has 3 aromatic rings. The van der Waals surface area contributed by atoms with Gasteiger partial charge in [-0.15, -0.1) is 10.2 Å². The number of amides is 2. The van der Waals surface area contributed by atoms with Crippen LogP contribution in [0.4, 0.5) is 15.0 Å². The average Bonchev–Trinajstić information content (AvgIpc) is 3.63. The number of pyridine rings is 1. The van der Waals surface area contributed by atoms with Crippen molar-refractivity contribution in [1.29, 1.82) is 0 Å². The number of ether oxygens (including phenoxy) is 2. The molecule has 0 saturated carbocycles. The van der Waals surface area contributed by atoms with E-state index in [0.717, 1.165) is 24.2 Å². The van der Waals surface area contributed by atoms with Gasteiger partial charge in [-0.05, 0) is 55.2 Å². The number of carbonyl (C=O) groups is 2. The van der Waals surface area contributed by atoms with Crippen LogP contribution >= 0.6 is 0 Å². The van der Waals surface area contributed by atoms with Crippen LogP contribution in [0.3, 0.4) is 0 Å². The largest absolute Gasteiger partial charge is 0.444 e. The zero-order valence-corrected chi connectivity index (χ0v) is 20.4. The maximum Gasteiger partial charge on any atom is 0.410 e. The van der Waals surface area contributed by atoms with Gasteiger partial charge < -0.3 is 24.3 Å². The van der Waals surface area contributed by atoms with Gasteiger partial charge in [0.2, 0.25) is 0 Å². The number of hydrogen-bond donors (Lipinski definition) is 1. The molecular formula is C26H27FN6O4. The number of nitrogens with zero attached hydrogens (tertiary/aromatic N) is 5. The van der Waals surface area contributed by atoms with Crippen LogP contribution in [0.15, 0.2) is 30.3 Å². The van der Waals surface area contributed by atoms with E-state index in [1.807, 2.05) is 6.07 Å². The molecule has 2 atom stereocenters. The Morgan fingerprint density at radius 3 is 2.89 bits per heavy atom. The standard InChI is InChI=1S/C26H27FN6O4/c1-15-5-6-23-30-31-24(33(15)23)21-3-2-4-22(28-21)29-25(34)19-11-17-13-32(9-7-16(17)12-20(19)27)26(35)37-18-8-10-36-14-18/h2-4,11-12,15,18H,5-10,13-14H2,1H3,(H,28,29,34)/t15-,18?/m0/s1. The highest BCUT2D eigenvalue weighted by atomic mass is 19.1. The maximum atomic E-state index is 14.9. The fourth-order valence-electron chi connectivity index (χ4n) is 5.14. The van der Waals surface area contributed by atoms with Gasteiger partial charge in [0, 0.05) is 32.0 Å². The van der Waals surface area contributed by atoms with E-state index in [0.29, 0.717) is 49.7 Å². The third-order valence-electron chi connectivity index (χ3n) is 7.17. The van der Waals surface area contributed by atoms with E-state index in [1.165, 1.54) is 12.1 Å². The van der Waals surface area contributed by atoms with E-state index in [9.17, 15) is 14.0 Å². The highest BCUT2D eigenvalue weighted by molar-refractivity contribution is 6.04. The summed E-state index contributed by atoms with van der Waals surface area (Å²) in [5, 5.41) is 11.2. The smallest absolute Gasteiger partial charge is 0.410 e. The van der Waals surface area contributed by atoms with E-state index in [2.05, 4.69) is 32.0 Å². The van der Waals surface area contributed by atoms with Gasteiger partial charge in [-0.2, -0.15) is 0 Å². The Morgan fingerprint density at radius 1 is 1.16 bits per heavy atom. The van der Waals surface area contributed by atoms with Crippen LogP contribution in [0.5, 0.6) is 0 Å². The van der Waals surface area contributed by atoms with Crippen LogP contribution in [0.25, 0.3) is 11.5 Å². The molecule has 11 heteroatoms. The highest BCUT2D eigenvalue weighted by Crippen LogP contribution is 2.30. The van der Waals surface area contributed by atoms with Gasteiger partial charge in [-0.1, -0.05) is 6.07 Å². The van der Waals surface area contributed by atoms with Crippen molar-refractivity contribution in [3.8, 4) is 11.5 Å². The number of hydrogen-bond acceptors (Lipinski definition) is 7. The van der Waals surface area contributed by atoms with Gasteiger partial charge in [0.05, 0.1) is 18.8 Å². The van der Waals surface area contributed by atoms with Crippen molar-refractivity contribution in [2.24, 2.45) is 0 Å². The van der Waals surface area contributed by atoms with Crippen LogP contribution in [0.2, 0.25) is 0 Å². The summed E-state index contributed by atoms with van der Waals surface area (Å²) in [6, 6.07) is 8.38. The van der Waals surface area contributed by atoms with Crippen molar-refractivity contribution in [2.45, 2.75) is 51.3 Å². The molecule has 5 heterocycles. The SMILES string of the molecule is C[C@H]1CCc2nnc(-c3cccc(NC(=O)c4cc5c(cc4F)CCN(C(=O)OC4CCOC4)C5)n3)n21.